The number of ether oxygens (including phenoxy) is 1. The fourth-order valence-electron chi connectivity index (χ4n) is 1.40. The van der Waals surface area contributed by atoms with E-state index in [1.807, 2.05) is 31.2 Å². The van der Waals surface area contributed by atoms with Crippen molar-refractivity contribution in [1.82, 2.24) is 0 Å². The van der Waals surface area contributed by atoms with Gasteiger partial charge in [-0.2, -0.15) is 11.8 Å². The molecule has 0 saturated heterocycles. The van der Waals surface area contributed by atoms with Gasteiger partial charge in [-0.15, -0.1) is 0 Å². The molecule has 5 heteroatoms. The number of aliphatic hydroxyl groups is 1. The summed E-state index contributed by atoms with van der Waals surface area (Å²) in [6, 6.07) is 7.27. The van der Waals surface area contributed by atoms with Crippen molar-refractivity contribution in [2.24, 2.45) is 5.92 Å². The average Bonchev–Trinajstić information content (AvgIpc) is 2.45. The molecule has 1 aromatic carbocycles. The molecule has 0 aromatic heterocycles. The molecule has 1 aromatic rings. The van der Waals surface area contributed by atoms with E-state index in [0.29, 0.717) is 12.5 Å². The monoisotopic (exact) mass is 296 g/mol. The number of hydrogen-bond acceptors (Lipinski definition) is 4. The topological polar surface area (TPSA) is 66.8 Å². The molecule has 0 aliphatic rings. The molecule has 0 spiro atoms. The minimum Gasteiger partial charge on any atom is -0.493 e. The number of aliphatic carboxylic acids is 1. The van der Waals surface area contributed by atoms with Crippen LogP contribution in [-0.4, -0.2) is 40.9 Å². The summed E-state index contributed by atoms with van der Waals surface area (Å²) in [6.45, 7) is 2.85. The lowest BCUT2D eigenvalue weighted by Gasteiger charge is -2.08. The molecule has 4 nitrogen and oxygen atoms in total. The summed E-state index contributed by atoms with van der Waals surface area (Å²) in [4.78, 5) is 10.4. The summed E-state index contributed by atoms with van der Waals surface area (Å²) >= 11 is 1.76. The van der Waals surface area contributed by atoms with E-state index in [9.17, 15) is 4.79 Å². The minimum absolute atomic E-state index is 0.221. The minimum atomic E-state index is -0.959. The van der Waals surface area contributed by atoms with Crippen molar-refractivity contribution in [3.8, 4) is 5.75 Å². The number of hydrogen-bond donors (Lipinski definition) is 2. The lowest BCUT2D eigenvalue weighted by Crippen LogP contribution is -2.06. The zero-order valence-electron chi connectivity index (χ0n) is 11.5. The van der Waals surface area contributed by atoms with Crippen molar-refractivity contribution < 1.29 is 19.7 Å². The smallest absolute Gasteiger partial charge is 0.328 e. The zero-order chi connectivity index (χ0) is 14.8. The lowest BCUT2D eigenvalue weighted by molar-refractivity contribution is -0.131. The first kappa shape index (κ1) is 16.6. The van der Waals surface area contributed by atoms with Crippen molar-refractivity contribution in [3.63, 3.8) is 0 Å². The molecule has 0 aliphatic carbocycles. The zero-order valence-corrected chi connectivity index (χ0v) is 12.3. The molecule has 0 saturated carbocycles. The third kappa shape index (κ3) is 7.21. The van der Waals surface area contributed by atoms with Crippen LogP contribution in [0.25, 0.3) is 6.08 Å². The largest absolute Gasteiger partial charge is 0.493 e. The number of aliphatic hydroxyl groups excluding tert-OH is 1. The van der Waals surface area contributed by atoms with Crippen LogP contribution in [0.5, 0.6) is 5.75 Å². The van der Waals surface area contributed by atoms with Crippen LogP contribution in [0, 0.1) is 5.92 Å². The second kappa shape index (κ2) is 9.44. The van der Waals surface area contributed by atoms with Crippen LogP contribution in [-0.2, 0) is 4.79 Å². The Kier molecular flexibility index (Phi) is 7.84. The highest BCUT2D eigenvalue weighted by Gasteiger charge is 2.00. The maximum Gasteiger partial charge on any atom is 0.328 e. The fourth-order valence-corrected chi connectivity index (χ4v) is 2.27. The molecule has 20 heavy (non-hydrogen) atoms. The number of carboxylic acids is 1. The van der Waals surface area contributed by atoms with Gasteiger partial charge in [-0.1, -0.05) is 19.1 Å². The van der Waals surface area contributed by atoms with Crippen molar-refractivity contribution >= 4 is 23.8 Å². The first-order valence-electron chi connectivity index (χ1n) is 6.44. The lowest BCUT2D eigenvalue weighted by atomic mass is 10.2. The van der Waals surface area contributed by atoms with Gasteiger partial charge in [0.15, 0.2) is 0 Å². The molecular formula is C15H20O4S. The molecule has 0 aliphatic heterocycles. The highest BCUT2D eigenvalue weighted by molar-refractivity contribution is 7.99. The van der Waals surface area contributed by atoms with Crippen LogP contribution in [0.15, 0.2) is 30.3 Å². The van der Waals surface area contributed by atoms with Gasteiger partial charge in [0.2, 0.25) is 0 Å². The third-order valence-corrected chi connectivity index (χ3v) is 3.77. The van der Waals surface area contributed by atoms with E-state index in [2.05, 4.69) is 0 Å². The van der Waals surface area contributed by atoms with Crippen LogP contribution in [0.4, 0.5) is 0 Å². The average molecular weight is 296 g/mol. The summed E-state index contributed by atoms with van der Waals surface area (Å²) in [5.74, 6) is 1.94. The van der Waals surface area contributed by atoms with Gasteiger partial charge in [0.05, 0.1) is 6.61 Å². The van der Waals surface area contributed by atoms with E-state index in [4.69, 9.17) is 14.9 Å². The molecule has 1 rings (SSSR count). The highest BCUT2D eigenvalue weighted by atomic mass is 32.2. The second-order valence-corrected chi connectivity index (χ2v) is 5.60. The predicted octanol–water partition coefficient (Wildman–Crippen LogP) is 2.52. The van der Waals surface area contributed by atoms with Crippen LogP contribution in [0.3, 0.4) is 0 Å². The molecule has 0 fully saturated rings. The summed E-state index contributed by atoms with van der Waals surface area (Å²) in [5.41, 5.74) is 0.825. The second-order valence-electron chi connectivity index (χ2n) is 4.45. The van der Waals surface area contributed by atoms with Gasteiger partial charge in [0.1, 0.15) is 5.75 Å². The Bertz CT molecular complexity index is 428. The highest BCUT2D eigenvalue weighted by Crippen LogP contribution is 2.14. The maximum absolute atomic E-state index is 10.4. The first-order chi connectivity index (χ1) is 9.61. The van der Waals surface area contributed by atoms with E-state index < -0.39 is 5.97 Å². The van der Waals surface area contributed by atoms with Crippen molar-refractivity contribution in [1.29, 1.82) is 0 Å². The van der Waals surface area contributed by atoms with Crippen LogP contribution in [0.1, 0.15) is 12.5 Å². The fraction of sp³-hybridized carbons (Fsp3) is 0.400. The van der Waals surface area contributed by atoms with Crippen LogP contribution in [0.2, 0.25) is 0 Å². The van der Waals surface area contributed by atoms with E-state index in [1.165, 1.54) is 6.08 Å². The predicted molar refractivity (Wildman–Crippen MR) is 82.2 cm³/mol. The van der Waals surface area contributed by atoms with E-state index in [0.717, 1.165) is 28.9 Å². The Labute approximate surface area is 123 Å². The van der Waals surface area contributed by atoms with Crippen LogP contribution >= 0.6 is 11.8 Å². The standard InChI is InChI=1S/C15H20O4S/c1-12(10-16)11-20-9-8-19-14-5-2-13(3-6-14)4-7-15(17)18/h2-7,12,16H,8-11H2,1H3,(H,17,18). The number of carboxylic acid groups (broad SMARTS) is 1. The molecule has 110 valence electrons. The number of carbonyl (C=O) groups is 1. The first-order valence-corrected chi connectivity index (χ1v) is 7.59. The maximum atomic E-state index is 10.4. The molecule has 0 bridgehead atoms. The normalized spacial score (nSPS) is 12.5. The Morgan fingerprint density at radius 1 is 1.40 bits per heavy atom. The van der Waals surface area contributed by atoms with Gasteiger partial charge >= 0.3 is 5.97 Å². The van der Waals surface area contributed by atoms with E-state index >= 15 is 0 Å². The molecule has 0 heterocycles. The van der Waals surface area contributed by atoms with Gasteiger partial charge in [0.25, 0.3) is 0 Å². The molecule has 1 atom stereocenters. The SMILES string of the molecule is CC(CO)CSCCOc1ccc(C=CC(=O)O)cc1. The quantitative estimate of drug-likeness (QED) is 0.541. The number of thioether (sulfide) groups is 1. The Morgan fingerprint density at radius 2 is 2.10 bits per heavy atom. The molecule has 0 amide bonds. The van der Waals surface area contributed by atoms with Gasteiger partial charge in [-0.05, 0) is 35.4 Å². The summed E-state index contributed by atoms with van der Waals surface area (Å²) in [6.07, 6.45) is 2.65. The Balaban J connectivity index is 2.26. The van der Waals surface area contributed by atoms with E-state index in [1.54, 1.807) is 11.8 Å². The summed E-state index contributed by atoms with van der Waals surface area (Å²) in [5, 5.41) is 17.4. The van der Waals surface area contributed by atoms with Gasteiger partial charge < -0.3 is 14.9 Å². The van der Waals surface area contributed by atoms with Crippen molar-refractivity contribution in [2.45, 2.75) is 6.92 Å². The number of rotatable bonds is 9. The number of benzene rings is 1. The van der Waals surface area contributed by atoms with Crippen LogP contribution < -0.4 is 4.74 Å². The Morgan fingerprint density at radius 3 is 2.70 bits per heavy atom. The molecule has 1 unspecified atom stereocenters. The van der Waals surface area contributed by atoms with Gasteiger partial charge in [-0.25, -0.2) is 4.79 Å². The Hall–Kier alpha value is -1.46. The molecule has 2 N–H and O–H groups in total. The molecular weight excluding hydrogens is 276 g/mol. The van der Waals surface area contributed by atoms with Gasteiger partial charge in [0, 0.05) is 18.4 Å². The van der Waals surface area contributed by atoms with Gasteiger partial charge in [-0.3, -0.25) is 0 Å². The molecule has 0 radical (unpaired) electrons. The van der Waals surface area contributed by atoms with Crippen molar-refractivity contribution in [3.05, 3.63) is 35.9 Å². The summed E-state index contributed by atoms with van der Waals surface area (Å²) in [7, 11) is 0. The van der Waals surface area contributed by atoms with Crippen molar-refractivity contribution in [2.75, 3.05) is 24.7 Å². The van der Waals surface area contributed by atoms with E-state index in [-0.39, 0.29) is 6.61 Å². The third-order valence-electron chi connectivity index (χ3n) is 2.51. The summed E-state index contributed by atoms with van der Waals surface area (Å²) < 4.78 is 5.58.